The molecule has 0 aromatic carbocycles. The molecule has 3 heterocycles. The molecule has 2 unspecified atom stereocenters. The zero-order chi connectivity index (χ0) is 15.1. The molecule has 2 aromatic rings. The number of hydrogen-bond acceptors (Lipinski definition) is 6. The molecule has 0 radical (unpaired) electrons. The van der Waals surface area contributed by atoms with Crippen LogP contribution in [0.3, 0.4) is 0 Å². The van der Waals surface area contributed by atoms with E-state index in [0.717, 1.165) is 12.1 Å². The van der Waals surface area contributed by atoms with E-state index in [1.165, 1.54) is 6.33 Å². The van der Waals surface area contributed by atoms with Crippen molar-refractivity contribution in [3.05, 3.63) is 17.8 Å². The molecule has 2 N–H and O–H groups in total. The minimum Gasteiger partial charge on any atom is -0.394 e. The summed E-state index contributed by atoms with van der Waals surface area (Å²) in [7, 11) is 0. The van der Waals surface area contributed by atoms with Crippen molar-refractivity contribution in [1.82, 2.24) is 19.5 Å². The zero-order valence-corrected chi connectivity index (χ0v) is 12.4. The van der Waals surface area contributed by atoms with E-state index in [0.29, 0.717) is 17.0 Å². The van der Waals surface area contributed by atoms with Gasteiger partial charge in [0.1, 0.15) is 23.8 Å². The third-order valence-electron chi connectivity index (χ3n) is 4.26. The molecule has 7 heteroatoms. The topological polar surface area (TPSA) is 93.3 Å². The molecule has 0 amide bonds. The van der Waals surface area contributed by atoms with Crippen LogP contribution in [-0.2, 0) is 4.74 Å². The van der Waals surface area contributed by atoms with Crippen molar-refractivity contribution in [2.24, 2.45) is 5.92 Å². The van der Waals surface area contributed by atoms with Gasteiger partial charge in [0, 0.05) is 5.92 Å². The summed E-state index contributed by atoms with van der Waals surface area (Å²) in [6.07, 6.45) is 0.583. The van der Waals surface area contributed by atoms with E-state index in [1.807, 2.05) is 20.8 Å². The van der Waals surface area contributed by atoms with E-state index in [2.05, 4.69) is 15.0 Å². The van der Waals surface area contributed by atoms with Gasteiger partial charge in [-0.2, -0.15) is 0 Å². The first-order valence-corrected chi connectivity index (χ1v) is 7.19. The molecule has 3 rings (SSSR count). The molecule has 4 atom stereocenters. The molecule has 21 heavy (non-hydrogen) atoms. The second-order valence-corrected chi connectivity index (χ2v) is 5.47. The Bertz CT molecular complexity index is 657. The summed E-state index contributed by atoms with van der Waals surface area (Å²) in [6.45, 7) is 5.60. The predicted octanol–water partition coefficient (Wildman–Crippen LogP) is 0.720. The first-order valence-electron chi connectivity index (χ1n) is 7.19. The summed E-state index contributed by atoms with van der Waals surface area (Å²) in [5, 5.41) is 20.0. The molecule has 1 aliphatic heterocycles. The molecule has 1 aliphatic rings. The number of hydrogen-bond donors (Lipinski definition) is 2. The Balaban J connectivity index is 2.09. The highest BCUT2D eigenvalue weighted by molar-refractivity contribution is 5.73. The van der Waals surface area contributed by atoms with Crippen molar-refractivity contribution >= 4 is 11.2 Å². The van der Waals surface area contributed by atoms with Crippen LogP contribution in [-0.4, -0.2) is 48.5 Å². The van der Waals surface area contributed by atoms with Crippen molar-refractivity contribution in [3.63, 3.8) is 0 Å². The Morgan fingerprint density at radius 2 is 2.10 bits per heavy atom. The third kappa shape index (κ3) is 2.12. The van der Waals surface area contributed by atoms with Crippen LogP contribution in [0.5, 0.6) is 0 Å². The molecule has 0 aliphatic carbocycles. The number of nitrogens with zero attached hydrogens (tertiary/aromatic N) is 4. The maximum absolute atomic E-state index is 10.5. The lowest BCUT2D eigenvalue weighted by Crippen LogP contribution is -2.27. The van der Waals surface area contributed by atoms with Crippen LogP contribution in [0.1, 0.15) is 31.1 Å². The minimum atomic E-state index is -0.696. The fourth-order valence-corrected chi connectivity index (χ4v) is 3.12. The number of rotatable bonds is 3. The summed E-state index contributed by atoms with van der Waals surface area (Å²) < 4.78 is 7.66. The number of aliphatic hydroxyl groups excluding tert-OH is 2. The quantitative estimate of drug-likeness (QED) is 0.866. The fraction of sp³-hybridized carbons (Fsp3) is 0.643. The highest BCUT2D eigenvalue weighted by Gasteiger charge is 2.44. The normalized spacial score (nSPS) is 29.4. The lowest BCUT2D eigenvalue weighted by molar-refractivity contribution is -0.0502. The third-order valence-corrected chi connectivity index (χ3v) is 4.26. The van der Waals surface area contributed by atoms with Crippen LogP contribution in [0.15, 0.2) is 6.33 Å². The Morgan fingerprint density at radius 1 is 1.33 bits per heavy atom. The monoisotopic (exact) mass is 292 g/mol. The van der Waals surface area contributed by atoms with E-state index in [-0.39, 0.29) is 18.6 Å². The van der Waals surface area contributed by atoms with E-state index in [1.54, 1.807) is 4.57 Å². The maximum Gasteiger partial charge on any atom is 0.165 e. The minimum absolute atomic E-state index is 0.0974. The average molecular weight is 292 g/mol. The highest BCUT2D eigenvalue weighted by Crippen LogP contribution is 2.37. The zero-order valence-electron chi connectivity index (χ0n) is 12.4. The van der Waals surface area contributed by atoms with Gasteiger partial charge >= 0.3 is 0 Å². The average Bonchev–Trinajstić information content (AvgIpc) is 2.96. The summed E-state index contributed by atoms with van der Waals surface area (Å²) in [4.78, 5) is 12.9. The number of aliphatic hydroxyl groups is 2. The van der Waals surface area contributed by atoms with Crippen molar-refractivity contribution in [2.75, 3.05) is 6.61 Å². The summed E-state index contributed by atoms with van der Waals surface area (Å²) in [5.74, 6) is 0.617. The first kappa shape index (κ1) is 14.4. The van der Waals surface area contributed by atoms with Crippen molar-refractivity contribution < 1.29 is 14.9 Å². The van der Waals surface area contributed by atoms with Gasteiger partial charge in [-0.25, -0.2) is 15.0 Å². The van der Waals surface area contributed by atoms with Crippen LogP contribution in [0.25, 0.3) is 11.2 Å². The Labute approximate surface area is 122 Å². The fourth-order valence-electron chi connectivity index (χ4n) is 3.12. The number of imidazole rings is 1. The molecule has 7 nitrogen and oxygen atoms in total. The molecule has 2 aromatic heterocycles. The Kier molecular flexibility index (Phi) is 3.64. The maximum atomic E-state index is 10.5. The van der Waals surface area contributed by atoms with E-state index < -0.39 is 12.3 Å². The second kappa shape index (κ2) is 5.32. The SMILES string of the molecule is CCC1C(O)[C@H](n2c(C)nc3c(C)ncnc32)O[C@@H]1CO. The van der Waals surface area contributed by atoms with Crippen molar-refractivity contribution in [1.29, 1.82) is 0 Å². The molecule has 0 saturated carbocycles. The molecular weight excluding hydrogens is 272 g/mol. The highest BCUT2D eigenvalue weighted by atomic mass is 16.5. The summed E-state index contributed by atoms with van der Waals surface area (Å²) in [6, 6.07) is 0. The lowest BCUT2D eigenvalue weighted by Gasteiger charge is -2.19. The van der Waals surface area contributed by atoms with Crippen LogP contribution >= 0.6 is 0 Å². The molecule has 0 bridgehead atoms. The van der Waals surface area contributed by atoms with Gasteiger partial charge in [0.05, 0.1) is 18.4 Å². The summed E-state index contributed by atoms with van der Waals surface area (Å²) in [5.41, 5.74) is 2.16. The largest absolute Gasteiger partial charge is 0.394 e. The smallest absolute Gasteiger partial charge is 0.165 e. The van der Waals surface area contributed by atoms with E-state index in [4.69, 9.17) is 4.74 Å². The number of aryl methyl sites for hydroxylation is 2. The van der Waals surface area contributed by atoms with Crippen LogP contribution in [0.4, 0.5) is 0 Å². The van der Waals surface area contributed by atoms with Gasteiger partial charge in [0.25, 0.3) is 0 Å². The molecule has 1 saturated heterocycles. The van der Waals surface area contributed by atoms with Gasteiger partial charge in [-0.15, -0.1) is 0 Å². The summed E-state index contributed by atoms with van der Waals surface area (Å²) >= 11 is 0. The number of aromatic nitrogens is 4. The molecule has 114 valence electrons. The second-order valence-electron chi connectivity index (χ2n) is 5.47. The van der Waals surface area contributed by atoms with Crippen molar-refractivity contribution in [2.45, 2.75) is 45.6 Å². The lowest BCUT2D eigenvalue weighted by atomic mass is 9.95. The van der Waals surface area contributed by atoms with Crippen molar-refractivity contribution in [3.8, 4) is 0 Å². The molecular formula is C14H20N4O3. The van der Waals surface area contributed by atoms with E-state index in [9.17, 15) is 10.2 Å². The van der Waals surface area contributed by atoms with Gasteiger partial charge in [0.15, 0.2) is 11.9 Å². The number of fused-ring (bicyclic) bond motifs is 1. The van der Waals surface area contributed by atoms with Gasteiger partial charge in [-0.3, -0.25) is 4.57 Å². The Hall–Kier alpha value is -1.57. The molecule has 1 fully saturated rings. The Morgan fingerprint density at radius 3 is 2.71 bits per heavy atom. The van der Waals surface area contributed by atoms with Gasteiger partial charge in [0.2, 0.25) is 0 Å². The van der Waals surface area contributed by atoms with Gasteiger partial charge in [-0.1, -0.05) is 6.92 Å². The van der Waals surface area contributed by atoms with Crippen LogP contribution in [0.2, 0.25) is 0 Å². The van der Waals surface area contributed by atoms with Gasteiger partial charge in [-0.05, 0) is 20.3 Å². The van der Waals surface area contributed by atoms with Crippen LogP contribution < -0.4 is 0 Å². The first-order chi connectivity index (χ1) is 10.1. The molecule has 0 spiro atoms. The number of ether oxygens (including phenoxy) is 1. The van der Waals surface area contributed by atoms with Crippen LogP contribution in [0, 0.1) is 19.8 Å². The van der Waals surface area contributed by atoms with Gasteiger partial charge < -0.3 is 14.9 Å². The van der Waals surface area contributed by atoms with E-state index >= 15 is 0 Å². The standard InChI is InChI=1S/C14H20N4O3/c1-4-9-10(5-19)21-14(12(9)20)18-8(3)17-11-7(2)15-6-16-13(11)18/h6,9-10,12,14,19-20H,4-5H2,1-3H3/t9?,10-,12?,14-/m1/s1. The predicted molar refractivity (Wildman–Crippen MR) is 75.6 cm³/mol.